The number of hydrogen-bond acceptors (Lipinski definition) is 3. The normalized spacial score (nSPS) is 11.8. The van der Waals surface area contributed by atoms with Crippen molar-refractivity contribution in [3.63, 3.8) is 0 Å². The van der Waals surface area contributed by atoms with Crippen LogP contribution in [0.4, 0.5) is 17.1 Å². The Morgan fingerprint density at radius 1 is 0.378 bits per heavy atom. The molecule has 3 heteroatoms. The van der Waals surface area contributed by atoms with Gasteiger partial charge in [0.15, 0.2) is 0 Å². The zero-order valence-electron chi connectivity index (χ0n) is 19.9. The van der Waals surface area contributed by atoms with E-state index >= 15 is 0 Å². The highest BCUT2D eigenvalue weighted by atomic mass is 16.3. The molecular weight excluding hydrogens is 454 g/mol. The first-order valence-corrected chi connectivity index (χ1v) is 12.4. The van der Waals surface area contributed by atoms with Crippen molar-refractivity contribution in [3.05, 3.63) is 127 Å². The van der Waals surface area contributed by atoms with Crippen molar-refractivity contribution in [2.24, 2.45) is 0 Å². The summed E-state index contributed by atoms with van der Waals surface area (Å²) in [6, 6.07) is 44.3. The number of fused-ring (bicyclic) bond motifs is 8. The van der Waals surface area contributed by atoms with E-state index < -0.39 is 0 Å². The Bertz CT molecular complexity index is 2100. The third kappa shape index (κ3) is 3.08. The molecule has 0 atom stereocenters. The SMILES string of the molecule is c1ccc(N(c2ccc3oc4ccccc4c3c2)c2ccc3ccc4oc5ccccc5c4c3c2)cc1. The topological polar surface area (TPSA) is 29.5 Å². The Hall–Kier alpha value is -5.02. The van der Waals surface area contributed by atoms with Gasteiger partial charge >= 0.3 is 0 Å². The van der Waals surface area contributed by atoms with Crippen molar-refractivity contribution in [2.45, 2.75) is 0 Å². The highest BCUT2D eigenvalue weighted by molar-refractivity contribution is 6.19. The molecule has 0 unspecified atom stereocenters. The van der Waals surface area contributed by atoms with Gasteiger partial charge in [0.05, 0.1) is 0 Å². The molecule has 2 aromatic heterocycles. The molecule has 0 saturated carbocycles. The van der Waals surface area contributed by atoms with Gasteiger partial charge in [0.25, 0.3) is 0 Å². The van der Waals surface area contributed by atoms with E-state index in [1.807, 2.05) is 24.3 Å². The number of furan rings is 2. The van der Waals surface area contributed by atoms with Crippen LogP contribution >= 0.6 is 0 Å². The van der Waals surface area contributed by atoms with Gasteiger partial charge in [-0.3, -0.25) is 0 Å². The van der Waals surface area contributed by atoms with Crippen LogP contribution in [0.5, 0.6) is 0 Å². The summed E-state index contributed by atoms with van der Waals surface area (Å²) < 4.78 is 12.3. The molecule has 0 saturated heterocycles. The monoisotopic (exact) mass is 475 g/mol. The highest BCUT2D eigenvalue weighted by Gasteiger charge is 2.17. The smallest absolute Gasteiger partial charge is 0.136 e. The number of anilines is 3. The van der Waals surface area contributed by atoms with Gasteiger partial charge in [-0.1, -0.05) is 66.7 Å². The van der Waals surface area contributed by atoms with Crippen molar-refractivity contribution in [1.29, 1.82) is 0 Å². The molecule has 8 rings (SSSR count). The molecular formula is C34H21NO2. The van der Waals surface area contributed by atoms with Crippen LogP contribution in [0.25, 0.3) is 54.6 Å². The molecule has 0 fully saturated rings. The van der Waals surface area contributed by atoms with Crippen LogP contribution < -0.4 is 4.90 Å². The fourth-order valence-electron chi connectivity index (χ4n) is 5.55. The van der Waals surface area contributed by atoms with Crippen molar-refractivity contribution in [1.82, 2.24) is 0 Å². The van der Waals surface area contributed by atoms with Gasteiger partial charge in [-0.15, -0.1) is 0 Å². The van der Waals surface area contributed by atoms with E-state index in [4.69, 9.17) is 8.83 Å². The van der Waals surface area contributed by atoms with E-state index in [1.54, 1.807) is 0 Å². The molecule has 0 radical (unpaired) electrons. The molecule has 0 aliphatic rings. The zero-order chi connectivity index (χ0) is 24.3. The molecule has 174 valence electrons. The first kappa shape index (κ1) is 20.2. The Morgan fingerprint density at radius 2 is 0.946 bits per heavy atom. The molecule has 0 bridgehead atoms. The van der Waals surface area contributed by atoms with Crippen LogP contribution in [-0.2, 0) is 0 Å². The quantitative estimate of drug-likeness (QED) is 0.255. The second kappa shape index (κ2) is 7.74. The van der Waals surface area contributed by atoms with Crippen LogP contribution in [0, 0.1) is 0 Å². The van der Waals surface area contributed by atoms with Crippen molar-refractivity contribution in [3.8, 4) is 0 Å². The second-order valence-corrected chi connectivity index (χ2v) is 9.39. The molecule has 3 nitrogen and oxygen atoms in total. The lowest BCUT2D eigenvalue weighted by Crippen LogP contribution is -2.09. The van der Waals surface area contributed by atoms with E-state index in [9.17, 15) is 0 Å². The van der Waals surface area contributed by atoms with Crippen LogP contribution in [0.3, 0.4) is 0 Å². The lowest BCUT2D eigenvalue weighted by Gasteiger charge is -2.26. The van der Waals surface area contributed by atoms with Gasteiger partial charge in [0, 0.05) is 38.6 Å². The van der Waals surface area contributed by atoms with Crippen LogP contribution in [0.2, 0.25) is 0 Å². The predicted molar refractivity (Wildman–Crippen MR) is 153 cm³/mol. The molecule has 0 aliphatic carbocycles. The summed E-state index contributed by atoms with van der Waals surface area (Å²) in [5.41, 5.74) is 6.87. The van der Waals surface area contributed by atoms with Crippen LogP contribution in [0.1, 0.15) is 0 Å². The lowest BCUT2D eigenvalue weighted by molar-refractivity contribution is 0.668. The van der Waals surface area contributed by atoms with E-state index in [0.717, 1.165) is 60.9 Å². The van der Waals surface area contributed by atoms with Crippen molar-refractivity contribution >= 4 is 71.7 Å². The van der Waals surface area contributed by atoms with Gasteiger partial charge in [-0.2, -0.15) is 0 Å². The minimum atomic E-state index is 0.892. The standard InChI is InChI=1S/C34H21NO2/c1-2-8-23(9-3-1)35(25-17-19-32-29(21-25)26-10-4-6-12-30(26)36-32)24-16-14-22-15-18-33-34(28(22)20-24)27-11-5-7-13-31(27)37-33/h1-21H. The van der Waals surface area contributed by atoms with Gasteiger partial charge in [-0.05, 0) is 71.4 Å². The average molecular weight is 476 g/mol. The number of nitrogens with zero attached hydrogens (tertiary/aromatic N) is 1. The van der Waals surface area contributed by atoms with Crippen molar-refractivity contribution in [2.75, 3.05) is 4.90 Å². The Balaban J connectivity index is 1.40. The largest absolute Gasteiger partial charge is 0.456 e. The zero-order valence-corrected chi connectivity index (χ0v) is 19.9. The van der Waals surface area contributed by atoms with E-state index in [1.165, 1.54) is 10.8 Å². The Morgan fingerprint density at radius 3 is 1.78 bits per heavy atom. The highest BCUT2D eigenvalue weighted by Crippen LogP contribution is 2.41. The first-order chi connectivity index (χ1) is 18.3. The second-order valence-electron chi connectivity index (χ2n) is 9.39. The van der Waals surface area contributed by atoms with Crippen LogP contribution in [-0.4, -0.2) is 0 Å². The van der Waals surface area contributed by atoms with Gasteiger partial charge in [0.1, 0.15) is 22.3 Å². The Labute approximate surface area is 212 Å². The number of rotatable bonds is 3. The molecule has 6 aromatic carbocycles. The molecule has 2 heterocycles. The van der Waals surface area contributed by atoms with Gasteiger partial charge < -0.3 is 13.7 Å². The summed E-state index contributed by atoms with van der Waals surface area (Å²) in [6.45, 7) is 0. The molecule has 37 heavy (non-hydrogen) atoms. The maximum atomic E-state index is 6.19. The molecule has 0 N–H and O–H groups in total. The summed E-state index contributed by atoms with van der Waals surface area (Å²) >= 11 is 0. The fraction of sp³-hybridized carbons (Fsp3) is 0. The van der Waals surface area contributed by atoms with Crippen LogP contribution in [0.15, 0.2) is 136 Å². The van der Waals surface area contributed by atoms with Gasteiger partial charge in [-0.25, -0.2) is 0 Å². The summed E-state index contributed by atoms with van der Waals surface area (Å²) in [7, 11) is 0. The maximum absolute atomic E-state index is 6.19. The summed E-state index contributed by atoms with van der Waals surface area (Å²) in [4.78, 5) is 2.31. The third-order valence-corrected chi connectivity index (χ3v) is 7.23. The first-order valence-electron chi connectivity index (χ1n) is 12.4. The number of para-hydroxylation sites is 3. The molecule has 0 amide bonds. The molecule has 8 aromatic rings. The van der Waals surface area contributed by atoms with Crippen molar-refractivity contribution < 1.29 is 8.83 Å². The average Bonchev–Trinajstić information content (AvgIpc) is 3.52. The summed E-state index contributed by atoms with van der Waals surface area (Å²) in [5, 5.41) is 6.88. The molecule has 0 aliphatic heterocycles. The van der Waals surface area contributed by atoms with E-state index in [2.05, 4.69) is 108 Å². The van der Waals surface area contributed by atoms with E-state index in [0.29, 0.717) is 0 Å². The summed E-state index contributed by atoms with van der Waals surface area (Å²) in [5.74, 6) is 0. The maximum Gasteiger partial charge on any atom is 0.136 e. The third-order valence-electron chi connectivity index (χ3n) is 7.23. The number of hydrogen-bond donors (Lipinski definition) is 0. The van der Waals surface area contributed by atoms with E-state index in [-0.39, 0.29) is 0 Å². The number of benzene rings is 6. The fourth-order valence-corrected chi connectivity index (χ4v) is 5.55. The minimum absolute atomic E-state index is 0.892. The minimum Gasteiger partial charge on any atom is -0.456 e. The predicted octanol–water partition coefficient (Wildman–Crippen LogP) is 10.1. The Kier molecular flexibility index (Phi) is 4.23. The summed E-state index contributed by atoms with van der Waals surface area (Å²) in [6.07, 6.45) is 0. The molecule has 0 spiro atoms. The van der Waals surface area contributed by atoms with Gasteiger partial charge in [0.2, 0.25) is 0 Å². The lowest BCUT2D eigenvalue weighted by atomic mass is 10.0.